The van der Waals surface area contributed by atoms with E-state index in [4.69, 9.17) is 15.7 Å². The van der Waals surface area contributed by atoms with Gasteiger partial charge < -0.3 is 5.73 Å². The Balaban J connectivity index is 1.74. The van der Waals surface area contributed by atoms with Crippen LogP contribution in [0, 0.1) is 17.3 Å². The van der Waals surface area contributed by atoms with Crippen LogP contribution in [0.2, 0.25) is 0 Å². The summed E-state index contributed by atoms with van der Waals surface area (Å²) in [5.74, 6) is 1.77. The molecule has 0 aromatic rings. The van der Waals surface area contributed by atoms with Crippen LogP contribution in [-0.4, -0.2) is 28.5 Å². The summed E-state index contributed by atoms with van der Waals surface area (Å²) in [6.45, 7) is 11.2. The second-order valence-electron chi connectivity index (χ2n) is 8.74. The lowest BCUT2D eigenvalue weighted by atomic mass is 9.59. The third kappa shape index (κ3) is 2.62. The predicted octanol–water partition coefficient (Wildman–Crippen LogP) is 4.18. The van der Waals surface area contributed by atoms with Crippen molar-refractivity contribution in [2.45, 2.75) is 59.5 Å². The molecule has 138 valence electrons. The summed E-state index contributed by atoms with van der Waals surface area (Å²) >= 11 is 0. The lowest BCUT2D eigenvalue weighted by Crippen LogP contribution is -2.53. The van der Waals surface area contributed by atoms with Crippen LogP contribution >= 0.6 is 0 Å². The number of allylic oxidation sites excluding steroid dienone is 4. The van der Waals surface area contributed by atoms with Crippen LogP contribution < -0.4 is 5.73 Å². The summed E-state index contributed by atoms with van der Waals surface area (Å²) in [5.41, 5.74) is 11.2. The maximum atomic E-state index is 6.10. The first-order valence-electron chi connectivity index (χ1n) is 9.78. The molecule has 26 heavy (non-hydrogen) atoms. The van der Waals surface area contributed by atoms with Crippen molar-refractivity contribution in [3.05, 3.63) is 47.5 Å². The van der Waals surface area contributed by atoms with Crippen molar-refractivity contribution in [1.29, 1.82) is 0 Å². The molecule has 0 bridgehead atoms. The lowest BCUT2D eigenvalue weighted by Gasteiger charge is -2.49. The fraction of sp³-hybridized carbons (Fsp3) is 0.545. The maximum Gasteiger partial charge on any atom is 0.155 e. The van der Waals surface area contributed by atoms with Crippen LogP contribution in [0.3, 0.4) is 0 Å². The topological polar surface area (TPSA) is 54.0 Å². The fourth-order valence-corrected chi connectivity index (χ4v) is 4.58. The van der Waals surface area contributed by atoms with Crippen LogP contribution in [0.25, 0.3) is 0 Å². The molecule has 0 amide bonds. The second kappa shape index (κ2) is 6.05. The normalized spacial score (nSPS) is 37.1. The van der Waals surface area contributed by atoms with Gasteiger partial charge in [-0.2, -0.15) is 0 Å². The lowest BCUT2D eigenvalue weighted by molar-refractivity contribution is 0.0928. The molecule has 2 aliphatic carbocycles. The van der Waals surface area contributed by atoms with Gasteiger partial charge in [-0.15, -0.1) is 0 Å². The summed E-state index contributed by atoms with van der Waals surface area (Å²) in [7, 11) is 0. The number of fused-ring (bicyclic) bond motifs is 1. The van der Waals surface area contributed by atoms with Crippen molar-refractivity contribution in [1.82, 2.24) is 4.90 Å². The van der Waals surface area contributed by atoms with Gasteiger partial charge in [0.25, 0.3) is 0 Å². The zero-order chi connectivity index (χ0) is 18.6. The zero-order valence-electron chi connectivity index (χ0n) is 16.5. The third-order valence-electron chi connectivity index (χ3n) is 6.72. The number of hydrogen-bond acceptors (Lipinski definition) is 4. The molecular formula is C22H30N4. The number of hydrogen-bond donors (Lipinski definition) is 1. The van der Waals surface area contributed by atoms with E-state index < -0.39 is 0 Å². The van der Waals surface area contributed by atoms with Crippen molar-refractivity contribution < 1.29 is 0 Å². The Morgan fingerprint density at radius 3 is 2.65 bits per heavy atom. The molecule has 0 radical (unpaired) electrons. The zero-order valence-corrected chi connectivity index (χ0v) is 16.5. The van der Waals surface area contributed by atoms with E-state index in [9.17, 15) is 0 Å². The minimum atomic E-state index is 0.197. The highest BCUT2D eigenvalue weighted by molar-refractivity contribution is 6.43. The molecule has 2 N–H and O–H groups in total. The fourth-order valence-electron chi connectivity index (χ4n) is 4.58. The van der Waals surface area contributed by atoms with Gasteiger partial charge in [0.05, 0.1) is 23.7 Å². The molecule has 0 aromatic heterocycles. The highest BCUT2D eigenvalue weighted by Gasteiger charge is 2.46. The van der Waals surface area contributed by atoms with Crippen molar-refractivity contribution in [2.75, 3.05) is 0 Å². The highest BCUT2D eigenvalue weighted by atomic mass is 15.2. The van der Waals surface area contributed by atoms with Gasteiger partial charge in [-0.05, 0) is 43.3 Å². The van der Waals surface area contributed by atoms with Crippen LogP contribution in [0.15, 0.2) is 57.5 Å². The number of nitrogens with zero attached hydrogens (tertiary/aromatic N) is 3. The van der Waals surface area contributed by atoms with E-state index in [1.165, 1.54) is 11.1 Å². The molecule has 0 spiro atoms. The highest BCUT2D eigenvalue weighted by Crippen LogP contribution is 2.47. The molecule has 4 nitrogen and oxygen atoms in total. The minimum absolute atomic E-state index is 0.197. The van der Waals surface area contributed by atoms with E-state index in [1.807, 2.05) is 6.20 Å². The average molecular weight is 351 g/mol. The van der Waals surface area contributed by atoms with E-state index in [2.05, 4.69) is 63.9 Å². The standard InChI is InChI=1S/C22H30N4/c1-13-7-6-8-18(13)19-11-24-20(15(3)22(5)9-17(23)10-22)21-25-16(4)14(2)12-26(19)21/h6-8,11-13,15-17H,9-10,23H2,1-5H3. The number of aliphatic imine (C=N–C) groups is 2. The van der Waals surface area contributed by atoms with Gasteiger partial charge in [0.15, 0.2) is 5.84 Å². The van der Waals surface area contributed by atoms with Gasteiger partial charge in [0, 0.05) is 24.1 Å². The van der Waals surface area contributed by atoms with Gasteiger partial charge in [0.1, 0.15) is 0 Å². The van der Waals surface area contributed by atoms with Crippen LogP contribution in [0.5, 0.6) is 0 Å². The molecule has 2 heterocycles. The van der Waals surface area contributed by atoms with Gasteiger partial charge in [-0.3, -0.25) is 14.9 Å². The molecule has 1 saturated carbocycles. The van der Waals surface area contributed by atoms with Crippen LogP contribution in [0.4, 0.5) is 0 Å². The Labute approximate surface area is 157 Å². The first-order valence-corrected chi connectivity index (χ1v) is 9.78. The number of amidine groups is 1. The van der Waals surface area contributed by atoms with Gasteiger partial charge in [0.2, 0.25) is 0 Å². The van der Waals surface area contributed by atoms with Gasteiger partial charge in [-0.1, -0.05) is 39.0 Å². The van der Waals surface area contributed by atoms with E-state index in [1.54, 1.807) is 0 Å². The van der Waals surface area contributed by atoms with E-state index in [-0.39, 0.29) is 11.5 Å². The largest absolute Gasteiger partial charge is 0.328 e. The SMILES string of the molecule is CC1=CN2C(C3=CC=CC3C)=CN=C(C(C)C3(C)CC(N)C3)C2=NC1C. The Kier molecular flexibility index (Phi) is 4.07. The maximum absolute atomic E-state index is 6.10. The molecular weight excluding hydrogens is 320 g/mol. The van der Waals surface area contributed by atoms with E-state index in [0.717, 1.165) is 30.1 Å². The molecule has 4 rings (SSSR count). The van der Waals surface area contributed by atoms with Crippen molar-refractivity contribution in [3.8, 4) is 0 Å². The summed E-state index contributed by atoms with van der Waals surface area (Å²) < 4.78 is 0. The Bertz CT molecular complexity index is 802. The molecule has 4 heteroatoms. The van der Waals surface area contributed by atoms with Crippen LogP contribution in [0.1, 0.15) is 47.5 Å². The van der Waals surface area contributed by atoms with Crippen molar-refractivity contribution >= 4 is 11.5 Å². The monoisotopic (exact) mass is 350 g/mol. The Morgan fingerprint density at radius 1 is 1.31 bits per heavy atom. The molecule has 0 saturated heterocycles. The third-order valence-corrected chi connectivity index (χ3v) is 6.72. The summed E-state index contributed by atoms with van der Waals surface area (Å²) in [5, 5.41) is 0. The average Bonchev–Trinajstić information content (AvgIpc) is 2.99. The van der Waals surface area contributed by atoms with Crippen molar-refractivity contribution in [3.63, 3.8) is 0 Å². The summed E-state index contributed by atoms with van der Waals surface area (Å²) in [6.07, 6.45) is 13.0. The molecule has 3 atom stereocenters. The van der Waals surface area contributed by atoms with Crippen molar-refractivity contribution in [2.24, 2.45) is 33.0 Å². The number of nitrogens with two attached hydrogens (primary N) is 1. The van der Waals surface area contributed by atoms with E-state index in [0.29, 0.717) is 17.9 Å². The van der Waals surface area contributed by atoms with E-state index >= 15 is 0 Å². The first-order chi connectivity index (χ1) is 12.3. The molecule has 1 fully saturated rings. The second-order valence-corrected chi connectivity index (χ2v) is 8.74. The van der Waals surface area contributed by atoms with Gasteiger partial charge in [-0.25, -0.2) is 0 Å². The van der Waals surface area contributed by atoms with Crippen LogP contribution in [-0.2, 0) is 0 Å². The molecule has 4 aliphatic rings. The molecule has 0 aromatic carbocycles. The number of rotatable bonds is 3. The molecule has 3 unspecified atom stereocenters. The minimum Gasteiger partial charge on any atom is -0.328 e. The summed E-state index contributed by atoms with van der Waals surface area (Å²) in [6, 6.07) is 0.529. The summed E-state index contributed by atoms with van der Waals surface area (Å²) in [4.78, 5) is 12.3. The van der Waals surface area contributed by atoms with Gasteiger partial charge >= 0.3 is 0 Å². The first kappa shape index (κ1) is 17.5. The Hall–Kier alpha value is -1.94. The molecule has 2 aliphatic heterocycles. The smallest absolute Gasteiger partial charge is 0.155 e. The Morgan fingerprint density at radius 2 is 2.04 bits per heavy atom. The quantitative estimate of drug-likeness (QED) is 0.830. The predicted molar refractivity (Wildman–Crippen MR) is 109 cm³/mol.